The zero-order valence-corrected chi connectivity index (χ0v) is 13.5. The molecule has 21 heavy (non-hydrogen) atoms. The first kappa shape index (κ1) is 14.5. The van der Waals surface area contributed by atoms with Crippen LogP contribution in [0, 0.1) is 0 Å². The summed E-state index contributed by atoms with van der Waals surface area (Å²) in [5.74, 6) is 0.380. The van der Waals surface area contributed by atoms with Crippen molar-refractivity contribution in [2.75, 3.05) is 13.2 Å². The van der Waals surface area contributed by atoms with Gasteiger partial charge in [0.05, 0.1) is 23.2 Å². The molecule has 2 aromatic heterocycles. The lowest BCUT2D eigenvalue weighted by Gasteiger charge is -2.22. The Bertz CT molecular complexity index is 674. The normalized spacial score (nSPS) is 19.1. The lowest BCUT2D eigenvalue weighted by Crippen LogP contribution is -2.37. The first-order chi connectivity index (χ1) is 10.0. The third-order valence-electron chi connectivity index (χ3n) is 4.15. The zero-order chi connectivity index (χ0) is 15.1. The molecule has 0 unspecified atom stereocenters. The monoisotopic (exact) mass is 307 g/mol. The first-order valence-corrected chi connectivity index (χ1v) is 8.22. The highest BCUT2D eigenvalue weighted by atomic mass is 32.1. The maximum atomic E-state index is 12.7. The quantitative estimate of drug-likeness (QED) is 0.947. The summed E-state index contributed by atoms with van der Waals surface area (Å²) >= 11 is 1.50. The van der Waals surface area contributed by atoms with Crippen LogP contribution in [0.2, 0.25) is 0 Å². The van der Waals surface area contributed by atoms with Crippen molar-refractivity contribution in [2.45, 2.75) is 38.6 Å². The van der Waals surface area contributed by atoms with Crippen LogP contribution < -0.4 is 0 Å². The van der Waals surface area contributed by atoms with Crippen molar-refractivity contribution in [3.63, 3.8) is 0 Å². The van der Waals surface area contributed by atoms with Crippen molar-refractivity contribution in [2.24, 2.45) is 7.05 Å². The van der Waals surface area contributed by atoms with Crippen LogP contribution in [0.3, 0.4) is 0 Å². The maximum Gasteiger partial charge on any atom is 0.264 e. The Morgan fingerprint density at radius 1 is 1.57 bits per heavy atom. The Kier molecular flexibility index (Phi) is 3.75. The van der Waals surface area contributed by atoms with Gasteiger partial charge < -0.3 is 10.0 Å². The molecule has 0 aliphatic carbocycles. The summed E-state index contributed by atoms with van der Waals surface area (Å²) in [6, 6.07) is 1.95. The molecule has 2 aromatic rings. The second-order valence-corrected chi connectivity index (χ2v) is 7.00. The average molecular weight is 307 g/mol. The molecule has 1 atom stereocenters. The Hall–Kier alpha value is -1.40. The van der Waals surface area contributed by atoms with E-state index in [9.17, 15) is 9.90 Å². The molecule has 1 aliphatic heterocycles. The Morgan fingerprint density at radius 3 is 3.00 bits per heavy atom. The molecule has 1 fully saturated rings. The number of amides is 1. The number of rotatable bonds is 3. The summed E-state index contributed by atoms with van der Waals surface area (Å²) in [5, 5.41) is 15.0. The number of aromatic nitrogens is 2. The molecular formula is C15H21N3O2S. The van der Waals surface area contributed by atoms with Gasteiger partial charge in [0.2, 0.25) is 0 Å². The average Bonchev–Trinajstić information content (AvgIpc) is 3.13. The van der Waals surface area contributed by atoms with Gasteiger partial charge in [-0.15, -0.1) is 11.3 Å². The summed E-state index contributed by atoms with van der Waals surface area (Å²) in [4.78, 5) is 16.3. The number of aliphatic hydroxyl groups is 1. The molecule has 1 N–H and O–H groups in total. The van der Waals surface area contributed by atoms with Gasteiger partial charge in [0, 0.05) is 19.0 Å². The molecule has 6 heteroatoms. The van der Waals surface area contributed by atoms with Gasteiger partial charge in [0.25, 0.3) is 5.91 Å². The highest BCUT2D eigenvalue weighted by Crippen LogP contribution is 2.33. The van der Waals surface area contributed by atoms with E-state index < -0.39 is 0 Å². The number of carbonyl (C=O) groups excluding carboxylic acids is 1. The standard InChI is InChI=1S/C15H21N3O2S/c1-9(2)13-11-7-12(21-15(11)17(3)16-13)14(20)18-6-4-5-10(18)8-19/h7,9-10,19H,4-6,8H2,1-3H3/t10-/m1/s1. The molecule has 0 aromatic carbocycles. The Labute approximate surface area is 128 Å². The smallest absolute Gasteiger partial charge is 0.264 e. The van der Waals surface area contributed by atoms with E-state index in [4.69, 9.17) is 0 Å². The summed E-state index contributed by atoms with van der Waals surface area (Å²) in [6.45, 7) is 5.02. The maximum absolute atomic E-state index is 12.7. The molecule has 0 bridgehead atoms. The minimum Gasteiger partial charge on any atom is -0.394 e. The van der Waals surface area contributed by atoms with Crippen molar-refractivity contribution in [1.82, 2.24) is 14.7 Å². The van der Waals surface area contributed by atoms with Gasteiger partial charge in [-0.05, 0) is 24.8 Å². The fraction of sp³-hybridized carbons (Fsp3) is 0.600. The van der Waals surface area contributed by atoms with Crippen molar-refractivity contribution < 1.29 is 9.90 Å². The predicted octanol–water partition coefficient (Wildman–Crippen LogP) is 2.36. The van der Waals surface area contributed by atoms with Crippen LogP contribution in [0.5, 0.6) is 0 Å². The van der Waals surface area contributed by atoms with E-state index in [1.165, 1.54) is 11.3 Å². The Balaban J connectivity index is 1.97. The van der Waals surface area contributed by atoms with Crippen LogP contribution in [0.1, 0.15) is 48.0 Å². The minimum absolute atomic E-state index is 0.0228. The highest BCUT2D eigenvalue weighted by Gasteiger charge is 2.30. The van der Waals surface area contributed by atoms with Crippen LogP contribution in [-0.4, -0.2) is 44.9 Å². The third-order valence-corrected chi connectivity index (χ3v) is 5.34. The van der Waals surface area contributed by atoms with Crippen LogP contribution in [0.4, 0.5) is 0 Å². The number of fused-ring (bicyclic) bond motifs is 1. The van der Waals surface area contributed by atoms with E-state index in [1.807, 2.05) is 22.7 Å². The van der Waals surface area contributed by atoms with E-state index in [0.29, 0.717) is 5.92 Å². The molecule has 1 amide bonds. The molecule has 1 saturated heterocycles. The van der Waals surface area contributed by atoms with Crippen molar-refractivity contribution in [3.05, 3.63) is 16.6 Å². The molecule has 0 radical (unpaired) electrons. The molecule has 3 rings (SSSR count). The fourth-order valence-electron chi connectivity index (χ4n) is 3.03. The van der Waals surface area contributed by atoms with Gasteiger partial charge in [-0.1, -0.05) is 13.8 Å². The van der Waals surface area contributed by atoms with Crippen molar-refractivity contribution in [3.8, 4) is 0 Å². The topological polar surface area (TPSA) is 58.4 Å². The summed E-state index contributed by atoms with van der Waals surface area (Å²) in [5.41, 5.74) is 1.04. The van der Waals surface area contributed by atoms with Crippen LogP contribution in [0.15, 0.2) is 6.07 Å². The summed E-state index contributed by atoms with van der Waals surface area (Å²) in [6.07, 6.45) is 1.87. The lowest BCUT2D eigenvalue weighted by molar-refractivity contribution is 0.0682. The number of hydrogen-bond donors (Lipinski definition) is 1. The molecule has 114 valence electrons. The van der Waals surface area contributed by atoms with E-state index in [0.717, 1.165) is 40.2 Å². The van der Waals surface area contributed by atoms with Crippen LogP contribution in [-0.2, 0) is 7.05 Å². The highest BCUT2D eigenvalue weighted by molar-refractivity contribution is 7.20. The van der Waals surface area contributed by atoms with Gasteiger partial charge >= 0.3 is 0 Å². The number of likely N-dealkylation sites (tertiary alicyclic amines) is 1. The third kappa shape index (κ3) is 2.36. The van der Waals surface area contributed by atoms with Crippen LogP contribution >= 0.6 is 11.3 Å². The fourth-order valence-corrected chi connectivity index (χ4v) is 4.07. The number of aryl methyl sites for hydroxylation is 1. The van der Waals surface area contributed by atoms with E-state index >= 15 is 0 Å². The number of carbonyl (C=O) groups is 1. The largest absolute Gasteiger partial charge is 0.394 e. The molecular weight excluding hydrogens is 286 g/mol. The summed E-state index contributed by atoms with van der Waals surface area (Å²) < 4.78 is 1.86. The summed E-state index contributed by atoms with van der Waals surface area (Å²) in [7, 11) is 1.92. The van der Waals surface area contributed by atoms with Gasteiger partial charge in [-0.3, -0.25) is 9.48 Å². The van der Waals surface area contributed by atoms with Crippen LogP contribution in [0.25, 0.3) is 10.2 Å². The van der Waals surface area contributed by atoms with Gasteiger partial charge in [0.15, 0.2) is 0 Å². The molecule has 0 spiro atoms. The Morgan fingerprint density at radius 2 is 2.33 bits per heavy atom. The SMILES string of the molecule is CC(C)c1nn(C)c2sc(C(=O)N3CCC[C@@H]3CO)cc12. The van der Waals surface area contributed by atoms with Gasteiger partial charge in [-0.2, -0.15) is 5.10 Å². The van der Waals surface area contributed by atoms with Crippen molar-refractivity contribution in [1.29, 1.82) is 0 Å². The van der Waals surface area contributed by atoms with Gasteiger partial charge in [0.1, 0.15) is 4.83 Å². The number of hydrogen-bond acceptors (Lipinski definition) is 4. The number of nitrogens with zero attached hydrogens (tertiary/aromatic N) is 3. The van der Waals surface area contributed by atoms with Gasteiger partial charge in [-0.25, -0.2) is 0 Å². The molecule has 1 aliphatic rings. The van der Waals surface area contributed by atoms with E-state index in [-0.39, 0.29) is 18.6 Å². The van der Waals surface area contributed by atoms with E-state index in [1.54, 1.807) is 0 Å². The molecule has 3 heterocycles. The minimum atomic E-state index is -0.0228. The molecule has 0 saturated carbocycles. The lowest BCUT2D eigenvalue weighted by atomic mass is 10.1. The van der Waals surface area contributed by atoms with E-state index in [2.05, 4.69) is 18.9 Å². The molecule has 5 nitrogen and oxygen atoms in total. The second kappa shape index (κ2) is 5.42. The number of aliphatic hydroxyl groups excluding tert-OH is 1. The predicted molar refractivity (Wildman–Crippen MR) is 83.8 cm³/mol. The second-order valence-electron chi connectivity index (χ2n) is 5.97. The van der Waals surface area contributed by atoms with Crippen molar-refractivity contribution >= 4 is 27.5 Å². The first-order valence-electron chi connectivity index (χ1n) is 7.41. The number of thiophene rings is 1. The zero-order valence-electron chi connectivity index (χ0n) is 12.7.